The van der Waals surface area contributed by atoms with Crippen LogP contribution in [0.2, 0.25) is 0 Å². The topological polar surface area (TPSA) is 124 Å². The van der Waals surface area contributed by atoms with Gasteiger partial charge in [0.2, 0.25) is 11.0 Å². The normalized spacial score (nSPS) is 11.3. The molecule has 0 aliphatic rings. The van der Waals surface area contributed by atoms with E-state index in [1.54, 1.807) is 24.3 Å². The second-order valence-electron chi connectivity index (χ2n) is 7.80. The summed E-state index contributed by atoms with van der Waals surface area (Å²) in [4.78, 5) is 24.9. The number of halogens is 3. The predicted molar refractivity (Wildman–Crippen MR) is 146 cm³/mol. The molecular formula is C24H22F3N7O3S3. The van der Waals surface area contributed by atoms with Crippen LogP contribution < -0.4 is 15.4 Å². The Kier molecular flexibility index (Phi) is 10.0. The summed E-state index contributed by atoms with van der Waals surface area (Å²) in [7, 11) is 0. The first kappa shape index (κ1) is 29.4. The number of anilines is 1. The molecular weight excluding hydrogens is 588 g/mol. The Balaban J connectivity index is 1.47. The molecule has 0 aliphatic carbocycles. The minimum Gasteiger partial charge on any atom is -0.484 e. The Morgan fingerprint density at radius 3 is 2.55 bits per heavy atom. The molecule has 4 aromatic rings. The molecule has 0 saturated heterocycles. The molecule has 0 aliphatic heterocycles. The van der Waals surface area contributed by atoms with Crippen LogP contribution in [0.3, 0.4) is 0 Å². The second kappa shape index (κ2) is 13.6. The van der Waals surface area contributed by atoms with E-state index >= 15 is 0 Å². The minimum atomic E-state index is -4.57. The molecule has 0 saturated carbocycles. The van der Waals surface area contributed by atoms with Crippen molar-refractivity contribution in [2.75, 3.05) is 23.4 Å². The van der Waals surface area contributed by atoms with Gasteiger partial charge < -0.3 is 10.1 Å². The number of ether oxygens (including phenoxy) is 1. The van der Waals surface area contributed by atoms with Crippen LogP contribution in [0.4, 0.5) is 18.3 Å². The first-order valence-corrected chi connectivity index (χ1v) is 14.5. The highest BCUT2D eigenvalue weighted by molar-refractivity contribution is 8.01. The van der Waals surface area contributed by atoms with Crippen molar-refractivity contribution in [3.63, 3.8) is 0 Å². The zero-order valence-electron chi connectivity index (χ0n) is 20.8. The van der Waals surface area contributed by atoms with Gasteiger partial charge >= 0.3 is 6.18 Å². The highest BCUT2D eigenvalue weighted by atomic mass is 32.2. The van der Waals surface area contributed by atoms with E-state index in [0.29, 0.717) is 10.9 Å². The molecule has 4 rings (SSSR count). The van der Waals surface area contributed by atoms with Crippen molar-refractivity contribution in [1.29, 1.82) is 0 Å². The van der Waals surface area contributed by atoms with Crippen LogP contribution in [0.1, 0.15) is 18.3 Å². The molecule has 0 fully saturated rings. The number of hydrogen-bond donors (Lipinski definition) is 2. The number of nitrogens with zero attached hydrogens (tertiary/aromatic N) is 5. The van der Waals surface area contributed by atoms with Crippen LogP contribution in [0.5, 0.6) is 5.75 Å². The maximum atomic E-state index is 13.4. The van der Waals surface area contributed by atoms with Gasteiger partial charge in [0.05, 0.1) is 23.5 Å². The largest absolute Gasteiger partial charge is 0.484 e. The zero-order chi connectivity index (χ0) is 28.5. The lowest BCUT2D eigenvalue weighted by Crippen LogP contribution is -2.29. The summed E-state index contributed by atoms with van der Waals surface area (Å²) >= 11 is 3.70. The van der Waals surface area contributed by atoms with Gasteiger partial charge in [-0.1, -0.05) is 66.0 Å². The number of aromatic nitrogens is 5. The highest BCUT2D eigenvalue weighted by Gasteiger charge is 2.31. The zero-order valence-corrected chi connectivity index (χ0v) is 23.3. The molecule has 0 atom stereocenters. The smallest absolute Gasteiger partial charge is 0.416 e. The number of para-hydroxylation sites is 1. The van der Waals surface area contributed by atoms with Gasteiger partial charge in [-0.2, -0.15) is 13.2 Å². The molecule has 2 aromatic carbocycles. The number of rotatable bonds is 12. The lowest BCUT2D eigenvalue weighted by atomic mass is 10.2. The molecule has 0 radical (unpaired) electrons. The molecule has 210 valence electrons. The van der Waals surface area contributed by atoms with Gasteiger partial charge in [0, 0.05) is 0 Å². The summed E-state index contributed by atoms with van der Waals surface area (Å²) < 4.78 is 47.8. The predicted octanol–water partition coefficient (Wildman–Crippen LogP) is 4.68. The lowest BCUT2D eigenvalue weighted by Gasteiger charge is -2.13. The fourth-order valence-electron chi connectivity index (χ4n) is 3.21. The van der Waals surface area contributed by atoms with Crippen LogP contribution >= 0.6 is 34.9 Å². The second-order valence-corrected chi connectivity index (χ2v) is 11.2. The highest BCUT2D eigenvalue weighted by Crippen LogP contribution is 2.32. The van der Waals surface area contributed by atoms with Crippen molar-refractivity contribution < 1.29 is 27.5 Å². The summed E-state index contributed by atoms with van der Waals surface area (Å²) in [5.74, 6) is 0.502. The minimum absolute atomic E-state index is 0.121. The number of nitrogens with one attached hydrogen (secondary N) is 2. The third kappa shape index (κ3) is 8.19. The van der Waals surface area contributed by atoms with Gasteiger partial charge in [-0.05, 0) is 36.1 Å². The average molecular weight is 610 g/mol. The number of hydrogen-bond acceptors (Lipinski definition) is 10. The quantitative estimate of drug-likeness (QED) is 0.174. The van der Waals surface area contributed by atoms with Gasteiger partial charge in [-0.3, -0.25) is 19.5 Å². The molecule has 10 nitrogen and oxygen atoms in total. The van der Waals surface area contributed by atoms with Crippen LogP contribution in [0.25, 0.3) is 5.69 Å². The van der Waals surface area contributed by atoms with Gasteiger partial charge in [-0.15, -0.1) is 20.4 Å². The number of thioether (sulfide) groups is 2. The first-order valence-electron chi connectivity index (χ1n) is 11.7. The van der Waals surface area contributed by atoms with Crippen molar-refractivity contribution in [2.24, 2.45) is 0 Å². The maximum absolute atomic E-state index is 13.4. The lowest BCUT2D eigenvalue weighted by molar-refractivity contribution is -0.137. The van der Waals surface area contributed by atoms with E-state index in [0.717, 1.165) is 34.0 Å². The monoisotopic (exact) mass is 609 g/mol. The molecule has 40 heavy (non-hydrogen) atoms. The van der Waals surface area contributed by atoms with Crippen molar-refractivity contribution in [2.45, 2.75) is 29.1 Å². The van der Waals surface area contributed by atoms with Crippen LogP contribution in [-0.2, 0) is 22.3 Å². The van der Waals surface area contributed by atoms with E-state index in [1.165, 1.54) is 39.8 Å². The third-order valence-corrected chi connectivity index (χ3v) is 7.72. The summed E-state index contributed by atoms with van der Waals surface area (Å²) in [6.07, 6.45) is -4.57. The fourth-order valence-corrected chi connectivity index (χ4v) is 5.65. The number of alkyl halides is 3. The van der Waals surface area contributed by atoms with Crippen molar-refractivity contribution >= 4 is 51.8 Å². The fraction of sp³-hybridized carbons (Fsp3) is 0.250. The van der Waals surface area contributed by atoms with E-state index in [4.69, 9.17) is 4.74 Å². The summed E-state index contributed by atoms with van der Waals surface area (Å²) in [6.45, 7) is 1.56. The van der Waals surface area contributed by atoms with Crippen LogP contribution in [-0.4, -0.2) is 54.9 Å². The molecule has 2 heterocycles. The number of carbonyl (C=O) groups excluding carboxylic acids is 2. The third-order valence-electron chi connectivity index (χ3n) is 4.94. The Labute approximate surface area is 239 Å². The van der Waals surface area contributed by atoms with Crippen LogP contribution in [0.15, 0.2) is 64.1 Å². The Morgan fingerprint density at radius 1 is 1.00 bits per heavy atom. The van der Waals surface area contributed by atoms with E-state index in [2.05, 4.69) is 31.0 Å². The van der Waals surface area contributed by atoms with E-state index in [1.807, 2.05) is 13.0 Å². The summed E-state index contributed by atoms with van der Waals surface area (Å²) in [6, 6.07) is 13.4. The van der Waals surface area contributed by atoms with Crippen molar-refractivity contribution in [3.05, 3.63) is 66.0 Å². The summed E-state index contributed by atoms with van der Waals surface area (Å²) in [5, 5.41) is 21.8. The number of amides is 2. The van der Waals surface area contributed by atoms with Gasteiger partial charge in [0.25, 0.3) is 5.91 Å². The maximum Gasteiger partial charge on any atom is 0.416 e. The number of carbonyl (C=O) groups is 2. The molecule has 2 aromatic heterocycles. The number of benzene rings is 2. The molecule has 16 heteroatoms. The molecule has 0 spiro atoms. The average Bonchev–Trinajstić information content (AvgIpc) is 3.56. The van der Waals surface area contributed by atoms with Gasteiger partial charge in [0.1, 0.15) is 5.75 Å². The molecule has 0 unspecified atom stereocenters. The van der Waals surface area contributed by atoms with Crippen LogP contribution in [0, 0.1) is 0 Å². The molecule has 0 bridgehead atoms. The summed E-state index contributed by atoms with van der Waals surface area (Å²) in [5.41, 5.74) is -0.742. The van der Waals surface area contributed by atoms with E-state index in [-0.39, 0.29) is 35.6 Å². The SMILES string of the molecule is CCSc1nnc(NC(=O)CSc2nnc(CNC(=O)COc3ccccc3)n2-c2cccc(C(F)(F)F)c2)s1. The molecule has 2 amide bonds. The Morgan fingerprint density at radius 2 is 1.80 bits per heavy atom. The first-order chi connectivity index (χ1) is 19.2. The van der Waals surface area contributed by atoms with Crippen molar-refractivity contribution in [1.82, 2.24) is 30.3 Å². The van der Waals surface area contributed by atoms with Crippen molar-refractivity contribution in [3.8, 4) is 11.4 Å². The van der Waals surface area contributed by atoms with Gasteiger partial charge in [0.15, 0.2) is 21.9 Å². The Hall–Kier alpha value is -3.63. The van der Waals surface area contributed by atoms with E-state index in [9.17, 15) is 22.8 Å². The standard InChI is InChI=1S/C24H22F3N7O3S3/c1-2-38-23-33-31-21(40-23)29-20(36)14-39-22-32-30-18(12-28-19(35)13-37-17-9-4-3-5-10-17)34(22)16-8-6-7-15(11-16)24(25,26)27/h3-11H,2,12-14H2,1H3,(H,28,35)(H,29,31,36). The van der Waals surface area contributed by atoms with Gasteiger partial charge in [-0.25, -0.2) is 0 Å². The Bertz CT molecular complexity index is 1450. The van der Waals surface area contributed by atoms with E-state index < -0.39 is 23.6 Å². The molecule has 2 N–H and O–H groups in total.